The summed E-state index contributed by atoms with van der Waals surface area (Å²) in [4.78, 5) is 17.3. The van der Waals surface area contributed by atoms with Crippen molar-refractivity contribution in [2.45, 2.75) is 58.4 Å². The molecule has 1 fully saturated rings. The molecule has 0 spiro atoms. The van der Waals surface area contributed by atoms with Crippen LogP contribution in [0.2, 0.25) is 0 Å². The second kappa shape index (κ2) is 8.54. The standard InChI is InChI=1S/C20H29N3O3/c1-3-16-18(20(25)21-14(2)12-24)23-11-7-10-17(19(23)22-16)26-13-15-8-5-4-6-9-15/h7,10-11,14-15,24H,3-6,8-9,12-13H2,1-2H3,(H,21,25). The second-order valence-electron chi connectivity index (χ2n) is 7.20. The van der Waals surface area contributed by atoms with Crippen LogP contribution in [-0.2, 0) is 6.42 Å². The number of nitrogens with zero attached hydrogens (tertiary/aromatic N) is 2. The molecular formula is C20H29N3O3. The zero-order valence-electron chi connectivity index (χ0n) is 15.7. The number of aliphatic hydroxyl groups is 1. The van der Waals surface area contributed by atoms with Gasteiger partial charge in [-0.1, -0.05) is 26.2 Å². The molecule has 2 heterocycles. The van der Waals surface area contributed by atoms with Gasteiger partial charge in [0.05, 0.1) is 18.9 Å². The molecule has 26 heavy (non-hydrogen) atoms. The van der Waals surface area contributed by atoms with E-state index in [4.69, 9.17) is 4.74 Å². The maximum atomic E-state index is 12.7. The monoisotopic (exact) mass is 359 g/mol. The van der Waals surface area contributed by atoms with E-state index in [1.165, 1.54) is 32.1 Å². The minimum absolute atomic E-state index is 0.0975. The lowest BCUT2D eigenvalue weighted by molar-refractivity contribution is 0.0915. The number of fused-ring (bicyclic) bond motifs is 1. The van der Waals surface area contributed by atoms with Gasteiger partial charge in [-0.3, -0.25) is 9.20 Å². The Hall–Kier alpha value is -2.08. The third-order valence-electron chi connectivity index (χ3n) is 5.09. The Morgan fingerprint density at radius 1 is 1.42 bits per heavy atom. The number of carbonyl (C=O) groups excluding carboxylic acids is 1. The minimum Gasteiger partial charge on any atom is -0.489 e. The number of aliphatic hydroxyl groups excluding tert-OH is 1. The zero-order chi connectivity index (χ0) is 18.5. The third kappa shape index (κ3) is 4.01. The van der Waals surface area contributed by atoms with Crippen LogP contribution in [0.15, 0.2) is 18.3 Å². The molecule has 0 aliphatic heterocycles. The Morgan fingerprint density at radius 2 is 2.19 bits per heavy atom. The number of rotatable bonds is 7. The summed E-state index contributed by atoms with van der Waals surface area (Å²) in [6.45, 7) is 4.36. The lowest BCUT2D eigenvalue weighted by Gasteiger charge is -2.21. The fraction of sp³-hybridized carbons (Fsp3) is 0.600. The van der Waals surface area contributed by atoms with Crippen LogP contribution in [0, 0.1) is 5.92 Å². The van der Waals surface area contributed by atoms with Crippen LogP contribution in [-0.4, -0.2) is 39.7 Å². The number of ether oxygens (including phenoxy) is 1. The van der Waals surface area contributed by atoms with Crippen molar-refractivity contribution in [2.24, 2.45) is 5.92 Å². The van der Waals surface area contributed by atoms with E-state index in [0.29, 0.717) is 30.3 Å². The van der Waals surface area contributed by atoms with E-state index >= 15 is 0 Å². The summed E-state index contributed by atoms with van der Waals surface area (Å²) in [5, 5.41) is 12.0. The van der Waals surface area contributed by atoms with Crippen LogP contribution in [0.3, 0.4) is 0 Å². The van der Waals surface area contributed by atoms with Gasteiger partial charge in [-0.2, -0.15) is 0 Å². The first-order valence-electron chi connectivity index (χ1n) is 9.68. The van der Waals surface area contributed by atoms with Crippen molar-refractivity contribution < 1.29 is 14.6 Å². The molecule has 1 aliphatic carbocycles. The van der Waals surface area contributed by atoms with Crippen molar-refractivity contribution in [3.8, 4) is 5.75 Å². The number of nitrogens with one attached hydrogen (secondary N) is 1. The minimum atomic E-state index is -0.302. The van der Waals surface area contributed by atoms with Crippen molar-refractivity contribution in [1.29, 1.82) is 0 Å². The molecule has 0 saturated heterocycles. The van der Waals surface area contributed by atoms with Crippen LogP contribution in [0.25, 0.3) is 5.65 Å². The van der Waals surface area contributed by atoms with Crippen LogP contribution < -0.4 is 10.1 Å². The summed E-state index contributed by atoms with van der Waals surface area (Å²) in [6, 6.07) is 3.50. The van der Waals surface area contributed by atoms with Crippen molar-refractivity contribution in [2.75, 3.05) is 13.2 Å². The van der Waals surface area contributed by atoms with E-state index in [9.17, 15) is 9.90 Å². The number of pyridine rings is 1. The van der Waals surface area contributed by atoms with E-state index in [0.717, 1.165) is 11.4 Å². The number of aryl methyl sites for hydroxylation is 1. The van der Waals surface area contributed by atoms with Crippen molar-refractivity contribution in [1.82, 2.24) is 14.7 Å². The molecule has 2 aromatic heterocycles. The summed E-state index contributed by atoms with van der Waals surface area (Å²) in [5.41, 5.74) is 1.94. The van der Waals surface area contributed by atoms with Gasteiger partial charge in [0.2, 0.25) is 0 Å². The van der Waals surface area contributed by atoms with Gasteiger partial charge in [0.1, 0.15) is 5.69 Å². The Labute approximate surface area is 154 Å². The van der Waals surface area contributed by atoms with Gasteiger partial charge in [0, 0.05) is 12.2 Å². The van der Waals surface area contributed by atoms with Gasteiger partial charge in [-0.15, -0.1) is 0 Å². The largest absolute Gasteiger partial charge is 0.489 e. The molecule has 3 rings (SSSR count). The van der Waals surface area contributed by atoms with E-state index in [2.05, 4.69) is 10.3 Å². The highest BCUT2D eigenvalue weighted by Gasteiger charge is 2.22. The van der Waals surface area contributed by atoms with Crippen LogP contribution in [0.4, 0.5) is 0 Å². The molecule has 142 valence electrons. The maximum Gasteiger partial charge on any atom is 0.270 e. The van der Waals surface area contributed by atoms with E-state index in [1.807, 2.05) is 25.3 Å². The molecule has 1 atom stereocenters. The first-order valence-corrected chi connectivity index (χ1v) is 9.68. The van der Waals surface area contributed by atoms with E-state index in [-0.39, 0.29) is 18.6 Å². The van der Waals surface area contributed by atoms with Gasteiger partial charge in [0.15, 0.2) is 11.4 Å². The number of carbonyl (C=O) groups is 1. The smallest absolute Gasteiger partial charge is 0.270 e. The first kappa shape index (κ1) is 18.7. The average Bonchev–Trinajstić information content (AvgIpc) is 3.06. The van der Waals surface area contributed by atoms with Gasteiger partial charge in [-0.25, -0.2) is 4.98 Å². The SMILES string of the molecule is CCc1nc2c(OCC3CCCCC3)cccn2c1C(=O)NC(C)CO. The molecule has 0 aromatic carbocycles. The molecule has 0 bridgehead atoms. The highest BCUT2D eigenvalue weighted by atomic mass is 16.5. The number of aromatic nitrogens is 2. The van der Waals surface area contributed by atoms with Crippen molar-refractivity contribution in [3.05, 3.63) is 29.7 Å². The van der Waals surface area contributed by atoms with Crippen LogP contribution >= 0.6 is 0 Å². The lowest BCUT2D eigenvalue weighted by atomic mass is 9.90. The van der Waals surface area contributed by atoms with Crippen molar-refractivity contribution >= 4 is 11.6 Å². The summed E-state index contributed by atoms with van der Waals surface area (Å²) in [5.74, 6) is 1.11. The Balaban J connectivity index is 1.86. The topological polar surface area (TPSA) is 75.9 Å². The summed E-state index contributed by atoms with van der Waals surface area (Å²) < 4.78 is 7.90. The predicted molar refractivity (Wildman–Crippen MR) is 101 cm³/mol. The Bertz CT molecular complexity index is 750. The summed E-state index contributed by atoms with van der Waals surface area (Å²) in [6.07, 6.45) is 8.85. The van der Waals surface area contributed by atoms with Gasteiger partial charge >= 0.3 is 0 Å². The molecule has 2 N–H and O–H groups in total. The highest BCUT2D eigenvalue weighted by Crippen LogP contribution is 2.27. The molecule has 1 amide bonds. The highest BCUT2D eigenvalue weighted by molar-refractivity contribution is 5.95. The number of hydrogen-bond acceptors (Lipinski definition) is 4. The predicted octanol–water partition coefficient (Wildman–Crippen LogP) is 2.97. The molecule has 0 radical (unpaired) electrons. The van der Waals surface area contributed by atoms with Gasteiger partial charge in [-0.05, 0) is 44.2 Å². The first-order chi connectivity index (χ1) is 12.6. The van der Waals surface area contributed by atoms with Crippen LogP contribution in [0.5, 0.6) is 5.75 Å². The Morgan fingerprint density at radius 3 is 2.88 bits per heavy atom. The van der Waals surface area contributed by atoms with E-state index in [1.54, 1.807) is 11.3 Å². The van der Waals surface area contributed by atoms with Crippen molar-refractivity contribution in [3.63, 3.8) is 0 Å². The number of hydrogen-bond donors (Lipinski definition) is 2. The molecule has 1 saturated carbocycles. The Kier molecular flexibility index (Phi) is 6.14. The normalized spacial score (nSPS) is 16.6. The molecule has 1 unspecified atom stereocenters. The fourth-order valence-corrected chi connectivity index (χ4v) is 3.59. The second-order valence-corrected chi connectivity index (χ2v) is 7.20. The quantitative estimate of drug-likeness (QED) is 0.797. The van der Waals surface area contributed by atoms with Gasteiger partial charge in [0.25, 0.3) is 5.91 Å². The molecule has 6 heteroatoms. The molecular weight excluding hydrogens is 330 g/mol. The average molecular weight is 359 g/mol. The maximum absolute atomic E-state index is 12.7. The van der Waals surface area contributed by atoms with Crippen LogP contribution in [0.1, 0.15) is 62.1 Å². The summed E-state index contributed by atoms with van der Waals surface area (Å²) >= 11 is 0. The molecule has 1 aliphatic rings. The fourth-order valence-electron chi connectivity index (χ4n) is 3.59. The molecule has 2 aromatic rings. The number of amides is 1. The third-order valence-corrected chi connectivity index (χ3v) is 5.09. The lowest BCUT2D eigenvalue weighted by Crippen LogP contribution is -2.36. The molecule has 6 nitrogen and oxygen atoms in total. The van der Waals surface area contributed by atoms with Gasteiger partial charge < -0.3 is 15.2 Å². The van der Waals surface area contributed by atoms with E-state index < -0.39 is 0 Å². The number of imidazole rings is 1. The summed E-state index contributed by atoms with van der Waals surface area (Å²) in [7, 11) is 0. The zero-order valence-corrected chi connectivity index (χ0v) is 15.7.